The molecule has 1 aromatic rings. The van der Waals surface area contributed by atoms with E-state index in [-0.39, 0.29) is 17.8 Å². The van der Waals surface area contributed by atoms with Gasteiger partial charge in [0, 0.05) is 18.0 Å². The molecule has 2 heterocycles. The summed E-state index contributed by atoms with van der Waals surface area (Å²) in [4.78, 5) is 7.00. The van der Waals surface area contributed by atoms with Gasteiger partial charge in [-0.25, -0.2) is 0 Å². The van der Waals surface area contributed by atoms with E-state index >= 15 is 0 Å². The minimum atomic E-state index is -0.0737. The van der Waals surface area contributed by atoms with Crippen molar-refractivity contribution in [3.05, 3.63) is 11.7 Å². The average Bonchev–Trinajstić information content (AvgIpc) is 2.98. The largest absolute Gasteiger partial charge is 0.339 e. The van der Waals surface area contributed by atoms with Crippen LogP contribution in [0.25, 0.3) is 0 Å². The van der Waals surface area contributed by atoms with E-state index < -0.39 is 0 Å². The van der Waals surface area contributed by atoms with Crippen LogP contribution in [0.3, 0.4) is 0 Å². The number of hydrogen-bond donors (Lipinski definition) is 1. The molecule has 0 radical (unpaired) electrons. The van der Waals surface area contributed by atoms with Gasteiger partial charge >= 0.3 is 0 Å². The predicted octanol–water partition coefficient (Wildman–Crippen LogP) is 2.36. The lowest BCUT2D eigenvalue weighted by molar-refractivity contribution is 0.192. The summed E-state index contributed by atoms with van der Waals surface area (Å²) in [5.41, 5.74) is -0.0737. The summed E-state index contributed by atoms with van der Waals surface area (Å²) in [7, 11) is 0. The topological polar surface area (TPSA) is 54.2 Å². The molecule has 0 aromatic carbocycles. The zero-order valence-electron chi connectivity index (χ0n) is 13.0. The quantitative estimate of drug-likeness (QED) is 0.905. The Morgan fingerprint density at radius 2 is 2.15 bits per heavy atom. The van der Waals surface area contributed by atoms with Gasteiger partial charge < -0.3 is 9.84 Å². The fraction of sp³-hybridized carbons (Fsp3) is 0.857. The highest BCUT2D eigenvalue weighted by Crippen LogP contribution is 2.20. The minimum Gasteiger partial charge on any atom is -0.339 e. The van der Waals surface area contributed by atoms with Crippen molar-refractivity contribution in [3.8, 4) is 0 Å². The fourth-order valence-electron chi connectivity index (χ4n) is 2.43. The summed E-state index contributed by atoms with van der Waals surface area (Å²) in [5, 5.41) is 7.55. The molecule has 5 nitrogen and oxygen atoms in total. The van der Waals surface area contributed by atoms with Gasteiger partial charge in [0.05, 0.1) is 6.54 Å². The van der Waals surface area contributed by atoms with E-state index in [4.69, 9.17) is 4.52 Å². The molecule has 0 saturated carbocycles. The van der Waals surface area contributed by atoms with E-state index in [1.54, 1.807) is 0 Å². The first kappa shape index (κ1) is 17.4. The molecule has 1 fully saturated rings. The molecular weight excluding hydrogens is 276 g/mol. The second kappa shape index (κ2) is 7.38. The maximum Gasteiger partial charge on any atom is 0.232 e. The third-order valence-electron chi connectivity index (χ3n) is 3.52. The van der Waals surface area contributed by atoms with Gasteiger partial charge in [0.1, 0.15) is 0 Å². The van der Waals surface area contributed by atoms with Crippen LogP contribution >= 0.6 is 12.4 Å². The van der Waals surface area contributed by atoms with Gasteiger partial charge in [0.25, 0.3) is 0 Å². The smallest absolute Gasteiger partial charge is 0.232 e. The van der Waals surface area contributed by atoms with Crippen LogP contribution in [0.5, 0.6) is 0 Å². The highest BCUT2D eigenvalue weighted by molar-refractivity contribution is 5.85. The Morgan fingerprint density at radius 3 is 2.65 bits per heavy atom. The standard InChI is InChI=1S/C14H26N4O.ClH/c1-5-8-18(11-6-7-15-9-11)10-12-16-13(19-17-12)14(2,3)4;/h11,15H,5-10H2,1-4H3;1H. The van der Waals surface area contributed by atoms with Crippen LogP contribution in [0.4, 0.5) is 0 Å². The van der Waals surface area contributed by atoms with Crippen LogP contribution in [0, 0.1) is 0 Å². The van der Waals surface area contributed by atoms with Crippen LogP contribution in [-0.2, 0) is 12.0 Å². The molecule has 1 N–H and O–H groups in total. The Balaban J connectivity index is 0.00000200. The summed E-state index contributed by atoms with van der Waals surface area (Å²) in [5.74, 6) is 1.54. The summed E-state index contributed by atoms with van der Waals surface area (Å²) in [6, 6.07) is 0.608. The Morgan fingerprint density at radius 1 is 1.40 bits per heavy atom. The molecule has 0 spiro atoms. The van der Waals surface area contributed by atoms with E-state index in [1.165, 1.54) is 6.42 Å². The highest BCUT2D eigenvalue weighted by atomic mass is 35.5. The van der Waals surface area contributed by atoms with Crippen LogP contribution in [0.2, 0.25) is 0 Å². The molecule has 0 amide bonds. The lowest BCUT2D eigenvalue weighted by Crippen LogP contribution is -2.37. The second-order valence-corrected chi connectivity index (χ2v) is 6.38. The summed E-state index contributed by atoms with van der Waals surface area (Å²) >= 11 is 0. The molecule has 0 bridgehead atoms. The number of rotatable bonds is 5. The molecule has 116 valence electrons. The van der Waals surface area contributed by atoms with E-state index in [0.29, 0.717) is 6.04 Å². The van der Waals surface area contributed by atoms with Gasteiger partial charge in [-0.2, -0.15) is 4.98 Å². The van der Waals surface area contributed by atoms with Gasteiger partial charge in [0.15, 0.2) is 5.82 Å². The number of hydrogen-bond acceptors (Lipinski definition) is 5. The van der Waals surface area contributed by atoms with Gasteiger partial charge in [-0.15, -0.1) is 12.4 Å². The molecular formula is C14H27ClN4O. The van der Waals surface area contributed by atoms with Crippen LogP contribution in [0.1, 0.15) is 52.3 Å². The normalized spacial score (nSPS) is 19.4. The molecule has 1 atom stereocenters. The predicted molar refractivity (Wildman–Crippen MR) is 82.2 cm³/mol. The maximum absolute atomic E-state index is 5.37. The van der Waals surface area contributed by atoms with Crippen molar-refractivity contribution in [1.29, 1.82) is 0 Å². The van der Waals surface area contributed by atoms with E-state index in [2.05, 4.69) is 48.1 Å². The molecule has 6 heteroatoms. The zero-order valence-corrected chi connectivity index (χ0v) is 13.8. The monoisotopic (exact) mass is 302 g/mol. The van der Waals surface area contributed by atoms with Gasteiger partial charge in [-0.1, -0.05) is 32.9 Å². The second-order valence-electron chi connectivity index (χ2n) is 6.38. The van der Waals surface area contributed by atoms with Gasteiger partial charge in [-0.3, -0.25) is 4.90 Å². The molecule has 20 heavy (non-hydrogen) atoms. The Labute approximate surface area is 127 Å². The lowest BCUT2D eigenvalue weighted by atomic mass is 9.97. The number of nitrogens with one attached hydrogen (secondary N) is 1. The van der Waals surface area contributed by atoms with E-state index in [0.717, 1.165) is 44.3 Å². The average molecular weight is 303 g/mol. The van der Waals surface area contributed by atoms with Crippen molar-refractivity contribution in [3.63, 3.8) is 0 Å². The van der Waals surface area contributed by atoms with Crippen molar-refractivity contribution in [2.75, 3.05) is 19.6 Å². The van der Waals surface area contributed by atoms with Gasteiger partial charge in [0.2, 0.25) is 5.89 Å². The van der Waals surface area contributed by atoms with Crippen LogP contribution in [-0.4, -0.2) is 40.7 Å². The molecule has 1 aliphatic rings. The molecule has 1 aliphatic heterocycles. The SMILES string of the molecule is CCCN(Cc1noc(C(C)(C)C)n1)C1CCNC1.Cl. The van der Waals surface area contributed by atoms with Crippen molar-refractivity contribution < 1.29 is 4.52 Å². The van der Waals surface area contributed by atoms with E-state index in [9.17, 15) is 0 Å². The summed E-state index contributed by atoms with van der Waals surface area (Å²) in [6.45, 7) is 12.6. The first-order valence-corrected chi connectivity index (χ1v) is 7.28. The fourth-order valence-corrected chi connectivity index (χ4v) is 2.43. The highest BCUT2D eigenvalue weighted by Gasteiger charge is 2.25. The van der Waals surface area contributed by atoms with Crippen LogP contribution < -0.4 is 5.32 Å². The third kappa shape index (κ3) is 4.43. The van der Waals surface area contributed by atoms with Crippen molar-refractivity contribution in [2.24, 2.45) is 0 Å². The zero-order chi connectivity index (χ0) is 13.9. The number of halogens is 1. The molecule has 2 rings (SSSR count). The molecule has 1 aromatic heterocycles. The van der Waals surface area contributed by atoms with Crippen molar-refractivity contribution >= 4 is 12.4 Å². The van der Waals surface area contributed by atoms with Gasteiger partial charge in [-0.05, 0) is 25.9 Å². The molecule has 1 unspecified atom stereocenters. The molecule has 1 saturated heterocycles. The first-order valence-electron chi connectivity index (χ1n) is 7.28. The Kier molecular flexibility index (Phi) is 6.43. The van der Waals surface area contributed by atoms with Crippen molar-refractivity contribution in [2.45, 2.75) is 58.5 Å². The van der Waals surface area contributed by atoms with E-state index in [1.807, 2.05) is 0 Å². The third-order valence-corrected chi connectivity index (χ3v) is 3.52. The van der Waals surface area contributed by atoms with Crippen molar-refractivity contribution in [1.82, 2.24) is 20.4 Å². The van der Waals surface area contributed by atoms with Crippen LogP contribution in [0.15, 0.2) is 4.52 Å². The Hall–Kier alpha value is -0.650. The minimum absolute atomic E-state index is 0. The summed E-state index contributed by atoms with van der Waals surface area (Å²) in [6.07, 6.45) is 2.37. The maximum atomic E-state index is 5.37. The Bertz CT molecular complexity index is 396. The summed E-state index contributed by atoms with van der Waals surface area (Å²) < 4.78 is 5.37. The number of nitrogens with zero attached hydrogens (tertiary/aromatic N) is 3. The molecule has 0 aliphatic carbocycles. The first-order chi connectivity index (χ1) is 9.00. The number of aromatic nitrogens is 2. The lowest BCUT2D eigenvalue weighted by Gasteiger charge is -2.26.